The summed E-state index contributed by atoms with van der Waals surface area (Å²) in [5, 5.41) is 0. The standard InChI is InChI=1S/C10H18N2O/c1-11-4-9-3-2-8(11)5-12(9)10-6-13-7-10/h8-10H,2-7H2,1H3. The molecule has 2 bridgehead atoms. The van der Waals surface area contributed by atoms with Gasteiger partial charge in [0.15, 0.2) is 0 Å². The quantitative estimate of drug-likeness (QED) is 0.574. The first-order chi connectivity index (χ1) is 6.34. The highest BCUT2D eigenvalue weighted by molar-refractivity contribution is 4.97. The van der Waals surface area contributed by atoms with Crippen LogP contribution in [-0.2, 0) is 4.74 Å². The van der Waals surface area contributed by atoms with E-state index in [9.17, 15) is 0 Å². The van der Waals surface area contributed by atoms with Crippen molar-refractivity contribution in [1.29, 1.82) is 0 Å². The number of ether oxygens (including phenoxy) is 1. The Labute approximate surface area is 79.6 Å². The molecule has 2 unspecified atom stereocenters. The molecule has 0 aromatic rings. The predicted molar refractivity (Wildman–Crippen MR) is 50.8 cm³/mol. The van der Waals surface area contributed by atoms with Gasteiger partial charge in [-0.05, 0) is 19.9 Å². The normalized spacial score (nSPS) is 42.2. The molecule has 0 aliphatic carbocycles. The lowest BCUT2D eigenvalue weighted by Crippen LogP contribution is -2.66. The second-order valence-electron chi connectivity index (χ2n) is 4.71. The lowest BCUT2D eigenvalue weighted by Gasteiger charge is -2.54. The summed E-state index contributed by atoms with van der Waals surface area (Å²) in [6.07, 6.45) is 2.82. The van der Waals surface area contributed by atoms with E-state index in [2.05, 4.69) is 16.8 Å². The molecule has 4 aliphatic rings. The lowest BCUT2D eigenvalue weighted by atomic mass is 9.89. The van der Waals surface area contributed by atoms with Crippen molar-refractivity contribution in [2.45, 2.75) is 31.0 Å². The Kier molecular flexibility index (Phi) is 1.86. The number of rotatable bonds is 1. The van der Waals surface area contributed by atoms with Gasteiger partial charge in [0, 0.05) is 25.2 Å². The van der Waals surface area contributed by atoms with Gasteiger partial charge in [-0.2, -0.15) is 0 Å². The van der Waals surface area contributed by atoms with Crippen LogP contribution in [0.15, 0.2) is 0 Å². The monoisotopic (exact) mass is 182 g/mol. The molecule has 0 N–H and O–H groups in total. The fourth-order valence-electron chi connectivity index (χ4n) is 2.93. The molecule has 3 nitrogen and oxygen atoms in total. The first kappa shape index (κ1) is 8.21. The number of piperidine rings is 2. The average Bonchev–Trinajstić information content (AvgIpc) is 2.03. The summed E-state index contributed by atoms with van der Waals surface area (Å²) in [5.74, 6) is 0. The van der Waals surface area contributed by atoms with E-state index in [0.717, 1.165) is 31.3 Å². The van der Waals surface area contributed by atoms with Gasteiger partial charge in [0.25, 0.3) is 0 Å². The number of fused-ring (bicyclic) bond motifs is 3. The Morgan fingerprint density at radius 1 is 1.00 bits per heavy atom. The summed E-state index contributed by atoms with van der Waals surface area (Å²) in [4.78, 5) is 5.22. The van der Waals surface area contributed by atoms with E-state index in [1.807, 2.05) is 0 Å². The Morgan fingerprint density at radius 3 is 2.23 bits per heavy atom. The molecule has 0 amide bonds. The first-order valence-electron chi connectivity index (χ1n) is 5.38. The molecule has 13 heavy (non-hydrogen) atoms. The van der Waals surface area contributed by atoms with Gasteiger partial charge in [0.05, 0.1) is 19.3 Å². The molecular formula is C10H18N2O. The number of hydrogen-bond acceptors (Lipinski definition) is 3. The average molecular weight is 182 g/mol. The highest BCUT2D eigenvalue weighted by Crippen LogP contribution is 2.30. The van der Waals surface area contributed by atoms with Crippen molar-refractivity contribution < 1.29 is 4.74 Å². The third kappa shape index (κ3) is 1.22. The summed E-state index contributed by atoms with van der Waals surface area (Å²) in [5.41, 5.74) is 0. The SMILES string of the molecule is CN1CC2CCC1CN2C1COC1. The van der Waals surface area contributed by atoms with Gasteiger partial charge in [-0.3, -0.25) is 4.90 Å². The molecule has 0 saturated carbocycles. The van der Waals surface area contributed by atoms with Gasteiger partial charge in [0.2, 0.25) is 0 Å². The van der Waals surface area contributed by atoms with Crippen LogP contribution in [0.2, 0.25) is 0 Å². The van der Waals surface area contributed by atoms with Crippen molar-refractivity contribution in [3.05, 3.63) is 0 Å². The molecule has 74 valence electrons. The molecule has 0 radical (unpaired) electrons. The third-order valence-corrected chi connectivity index (χ3v) is 3.94. The zero-order chi connectivity index (χ0) is 8.84. The fraction of sp³-hybridized carbons (Fsp3) is 1.00. The first-order valence-corrected chi connectivity index (χ1v) is 5.38. The van der Waals surface area contributed by atoms with Crippen LogP contribution < -0.4 is 0 Å². The van der Waals surface area contributed by atoms with E-state index in [1.165, 1.54) is 25.9 Å². The van der Waals surface area contributed by atoms with Crippen molar-refractivity contribution in [3.8, 4) is 0 Å². The van der Waals surface area contributed by atoms with Gasteiger partial charge in [-0.1, -0.05) is 0 Å². The Bertz CT molecular complexity index is 205. The Morgan fingerprint density at radius 2 is 1.77 bits per heavy atom. The summed E-state index contributed by atoms with van der Waals surface area (Å²) in [6, 6.07) is 2.40. The minimum absolute atomic E-state index is 0.751. The largest absolute Gasteiger partial charge is 0.378 e. The third-order valence-electron chi connectivity index (χ3n) is 3.94. The Balaban J connectivity index is 1.71. The van der Waals surface area contributed by atoms with Gasteiger partial charge in [-0.15, -0.1) is 0 Å². The lowest BCUT2D eigenvalue weighted by molar-refractivity contribution is -0.121. The minimum Gasteiger partial charge on any atom is -0.378 e. The van der Waals surface area contributed by atoms with Crippen molar-refractivity contribution >= 4 is 0 Å². The van der Waals surface area contributed by atoms with E-state index >= 15 is 0 Å². The summed E-state index contributed by atoms with van der Waals surface area (Å²) in [7, 11) is 2.27. The number of hydrogen-bond donors (Lipinski definition) is 0. The van der Waals surface area contributed by atoms with Crippen LogP contribution in [0, 0.1) is 0 Å². The molecular weight excluding hydrogens is 164 g/mol. The molecule has 4 fully saturated rings. The topological polar surface area (TPSA) is 15.7 Å². The smallest absolute Gasteiger partial charge is 0.0645 e. The Hall–Kier alpha value is -0.120. The van der Waals surface area contributed by atoms with E-state index in [1.54, 1.807) is 0 Å². The molecule has 3 heteroatoms. The maximum absolute atomic E-state index is 5.27. The second-order valence-corrected chi connectivity index (χ2v) is 4.71. The van der Waals surface area contributed by atoms with Crippen molar-refractivity contribution in [3.63, 3.8) is 0 Å². The van der Waals surface area contributed by atoms with Crippen LogP contribution in [0.25, 0.3) is 0 Å². The van der Waals surface area contributed by atoms with E-state index in [-0.39, 0.29) is 0 Å². The number of piperazine rings is 1. The summed E-state index contributed by atoms with van der Waals surface area (Å²) < 4.78 is 5.27. The fourth-order valence-corrected chi connectivity index (χ4v) is 2.93. The van der Waals surface area contributed by atoms with Crippen LogP contribution in [-0.4, -0.2) is 61.3 Å². The van der Waals surface area contributed by atoms with E-state index < -0.39 is 0 Å². The summed E-state index contributed by atoms with van der Waals surface area (Å²) in [6.45, 7) is 4.52. The van der Waals surface area contributed by atoms with E-state index in [0.29, 0.717) is 0 Å². The van der Waals surface area contributed by atoms with Crippen molar-refractivity contribution in [2.75, 3.05) is 33.4 Å². The van der Waals surface area contributed by atoms with Gasteiger partial charge >= 0.3 is 0 Å². The number of nitrogens with zero attached hydrogens (tertiary/aromatic N) is 2. The maximum atomic E-state index is 5.27. The summed E-state index contributed by atoms with van der Waals surface area (Å²) >= 11 is 0. The maximum Gasteiger partial charge on any atom is 0.0645 e. The van der Waals surface area contributed by atoms with Crippen LogP contribution in [0.1, 0.15) is 12.8 Å². The highest BCUT2D eigenvalue weighted by Gasteiger charge is 2.41. The van der Waals surface area contributed by atoms with Gasteiger partial charge < -0.3 is 9.64 Å². The molecule has 0 aromatic heterocycles. The molecule has 2 atom stereocenters. The molecule has 4 rings (SSSR count). The van der Waals surface area contributed by atoms with Crippen LogP contribution in [0.5, 0.6) is 0 Å². The van der Waals surface area contributed by atoms with Crippen LogP contribution in [0.3, 0.4) is 0 Å². The highest BCUT2D eigenvalue weighted by atomic mass is 16.5. The van der Waals surface area contributed by atoms with Crippen molar-refractivity contribution in [1.82, 2.24) is 9.80 Å². The molecule has 0 spiro atoms. The van der Waals surface area contributed by atoms with Gasteiger partial charge in [0.1, 0.15) is 0 Å². The number of likely N-dealkylation sites (N-methyl/N-ethyl adjacent to an activating group) is 1. The van der Waals surface area contributed by atoms with E-state index in [4.69, 9.17) is 4.74 Å². The zero-order valence-electron chi connectivity index (χ0n) is 8.28. The van der Waals surface area contributed by atoms with Crippen molar-refractivity contribution in [2.24, 2.45) is 0 Å². The molecule has 4 heterocycles. The van der Waals surface area contributed by atoms with Crippen LogP contribution >= 0.6 is 0 Å². The molecule has 4 aliphatic heterocycles. The minimum atomic E-state index is 0.751. The molecule has 4 saturated heterocycles. The second kappa shape index (κ2) is 2.94. The van der Waals surface area contributed by atoms with Crippen LogP contribution in [0.4, 0.5) is 0 Å². The molecule has 0 aromatic carbocycles. The predicted octanol–water partition coefficient (Wildman–Crippen LogP) is 0.164. The zero-order valence-corrected chi connectivity index (χ0v) is 8.28. The van der Waals surface area contributed by atoms with Gasteiger partial charge in [-0.25, -0.2) is 0 Å².